The normalized spacial score (nSPS) is 43.6. The summed E-state index contributed by atoms with van der Waals surface area (Å²) in [4.78, 5) is 0. The summed E-state index contributed by atoms with van der Waals surface area (Å²) in [5, 5.41) is 9.43. The standard InChI is InChI=1S/C28H46O/c1-19(21(3)18-29)9-10-20(2)24-13-14-25-23-12-11-22-8-6-7-16-27(22,4)26(23)15-17-28(24,25)5/h11,20-21,23-26,29H,1,6-10,12-18H2,2-5H3/t20-,21?,23+,24-,25+,26+,27+,28-/m1/s1. The molecule has 3 saturated carbocycles. The molecule has 0 heterocycles. The highest BCUT2D eigenvalue weighted by Gasteiger charge is 2.58. The van der Waals surface area contributed by atoms with E-state index in [2.05, 4.69) is 40.3 Å². The summed E-state index contributed by atoms with van der Waals surface area (Å²) in [5.41, 5.74) is 4.18. The van der Waals surface area contributed by atoms with Crippen molar-refractivity contribution >= 4 is 0 Å². The van der Waals surface area contributed by atoms with Crippen molar-refractivity contribution < 1.29 is 5.11 Å². The van der Waals surface area contributed by atoms with E-state index in [0.717, 1.165) is 36.0 Å². The molecule has 8 atom stereocenters. The number of aliphatic hydroxyl groups is 1. The molecule has 4 aliphatic carbocycles. The predicted octanol–water partition coefficient (Wildman–Crippen LogP) is 7.56. The molecule has 0 bridgehead atoms. The first-order chi connectivity index (χ1) is 13.8. The molecular weight excluding hydrogens is 352 g/mol. The molecule has 1 heteroatoms. The fourth-order valence-electron chi connectivity index (χ4n) is 8.66. The van der Waals surface area contributed by atoms with Crippen molar-refractivity contribution in [3.8, 4) is 0 Å². The van der Waals surface area contributed by atoms with Crippen LogP contribution in [0.5, 0.6) is 0 Å². The molecule has 0 aromatic rings. The minimum absolute atomic E-state index is 0.244. The zero-order valence-corrected chi connectivity index (χ0v) is 19.7. The van der Waals surface area contributed by atoms with Crippen LogP contribution in [0.1, 0.15) is 98.3 Å². The number of fused-ring (bicyclic) bond motifs is 5. The largest absolute Gasteiger partial charge is 0.396 e. The fraction of sp³-hybridized carbons (Fsp3) is 0.857. The number of hydrogen-bond donors (Lipinski definition) is 1. The quantitative estimate of drug-likeness (QED) is 0.458. The minimum atomic E-state index is 0.244. The van der Waals surface area contributed by atoms with Gasteiger partial charge in [-0.15, -0.1) is 0 Å². The molecule has 0 spiro atoms. The summed E-state index contributed by atoms with van der Waals surface area (Å²) in [7, 11) is 0. The molecule has 3 fully saturated rings. The van der Waals surface area contributed by atoms with Gasteiger partial charge in [0.15, 0.2) is 0 Å². The van der Waals surface area contributed by atoms with Crippen LogP contribution < -0.4 is 0 Å². The second kappa shape index (κ2) is 8.18. The predicted molar refractivity (Wildman–Crippen MR) is 124 cm³/mol. The van der Waals surface area contributed by atoms with E-state index in [1.54, 1.807) is 0 Å². The average molecular weight is 399 g/mol. The number of allylic oxidation sites excluding steroid dienone is 2. The van der Waals surface area contributed by atoms with Gasteiger partial charge in [0, 0.05) is 6.61 Å². The van der Waals surface area contributed by atoms with Gasteiger partial charge in [0.1, 0.15) is 0 Å². The van der Waals surface area contributed by atoms with E-state index < -0.39 is 0 Å². The van der Waals surface area contributed by atoms with E-state index in [9.17, 15) is 5.11 Å². The van der Waals surface area contributed by atoms with Gasteiger partial charge in [-0.25, -0.2) is 0 Å². The third-order valence-corrected chi connectivity index (χ3v) is 10.7. The van der Waals surface area contributed by atoms with Crippen LogP contribution in [0.25, 0.3) is 0 Å². The van der Waals surface area contributed by atoms with Crippen LogP contribution in [0.3, 0.4) is 0 Å². The summed E-state index contributed by atoms with van der Waals surface area (Å²) in [6.07, 6.45) is 18.0. The molecule has 1 unspecified atom stereocenters. The lowest BCUT2D eigenvalue weighted by molar-refractivity contribution is -0.0498. The highest BCUT2D eigenvalue weighted by molar-refractivity contribution is 5.24. The van der Waals surface area contributed by atoms with Crippen LogP contribution in [0.2, 0.25) is 0 Å². The van der Waals surface area contributed by atoms with Crippen LogP contribution in [0.4, 0.5) is 0 Å². The van der Waals surface area contributed by atoms with Crippen molar-refractivity contribution in [2.45, 2.75) is 98.3 Å². The van der Waals surface area contributed by atoms with E-state index in [4.69, 9.17) is 0 Å². The van der Waals surface area contributed by atoms with Gasteiger partial charge in [0.25, 0.3) is 0 Å². The molecule has 0 radical (unpaired) electrons. The second-order valence-corrected chi connectivity index (χ2v) is 12.0. The summed E-state index contributed by atoms with van der Waals surface area (Å²) in [5.74, 6) is 4.77. The lowest BCUT2D eigenvalue weighted by Gasteiger charge is -2.58. The Morgan fingerprint density at radius 1 is 1.14 bits per heavy atom. The van der Waals surface area contributed by atoms with E-state index in [-0.39, 0.29) is 12.5 Å². The third kappa shape index (κ3) is 3.58. The molecule has 0 aromatic carbocycles. The van der Waals surface area contributed by atoms with Crippen molar-refractivity contribution in [3.05, 3.63) is 23.8 Å². The van der Waals surface area contributed by atoms with Crippen LogP contribution in [0.15, 0.2) is 23.8 Å². The van der Waals surface area contributed by atoms with Crippen LogP contribution in [0, 0.1) is 46.3 Å². The van der Waals surface area contributed by atoms with E-state index in [1.165, 1.54) is 69.8 Å². The molecule has 1 nitrogen and oxygen atoms in total. The van der Waals surface area contributed by atoms with Gasteiger partial charge in [-0.05, 0) is 111 Å². The highest BCUT2D eigenvalue weighted by Crippen LogP contribution is 2.67. The number of hydrogen-bond acceptors (Lipinski definition) is 1. The molecule has 0 aliphatic heterocycles. The Balaban J connectivity index is 1.46. The molecule has 0 amide bonds. The topological polar surface area (TPSA) is 20.2 Å². The molecule has 29 heavy (non-hydrogen) atoms. The van der Waals surface area contributed by atoms with Crippen molar-refractivity contribution in [1.82, 2.24) is 0 Å². The smallest absolute Gasteiger partial charge is 0.0493 e. The molecule has 4 rings (SSSR count). The van der Waals surface area contributed by atoms with Crippen LogP contribution in [-0.4, -0.2) is 11.7 Å². The maximum atomic E-state index is 9.43. The molecule has 0 saturated heterocycles. The summed E-state index contributed by atoms with van der Waals surface area (Å²) >= 11 is 0. The van der Waals surface area contributed by atoms with E-state index in [1.807, 2.05) is 5.57 Å². The van der Waals surface area contributed by atoms with Gasteiger partial charge >= 0.3 is 0 Å². The van der Waals surface area contributed by atoms with Crippen LogP contribution >= 0.6 is 0 Å². The first-order valence-corrected chi connectivity index (χ1v) is 12.8. The zero-order valence-electron chi connectivity index (χ0n) is 19.7. The third-order valence-electron chi connectivity index (χ3n) is 10.7. The van der Waals surface area contributed by atoms with Crippen molar-refractivity contribution in [2.75, 3.05) is 6.61 Å². The summed E-state index contributed by atoms with van der Waals surface area (Å²) < 4.78 is 0. The van der Waals surface area contributed by atoms with E-state index >= 15 is 0 Å². The fourth-order valence-corrected chi connectivity index (χ4v) is 8.66. The molecular formula is C28H46O. The van der Waals surface area contributed by atoms with E-state index in [0.29, 0.717) is 10.8 Å². The molecule has 1 N–H and O–H groups in total. The highest BCUT2D eigenvalue weighted by atomic mass is 16.3. The Hall–Kier alpha value is -0.560. The van der Waals surface area contributed by atoms with Gasteiger partial charge in [-0.3, -0.25) is 0 Å². The Labute approximate surface area is 180 Å². The van der Waals surface area contributed by atoms with Gasteiger partial charge in [-0.1, -0.05) is 57.9 Å². The lowest BCUT2D eigenvalue weighted by Crippen LogP contribution is -2.50. The Kier molecular flexibility index (Phi) is 6.11. The van der Waals surface area contributed by atoms with Crippen molar-refractivity contribution in [2.24, 2.45) is 46.3 Å². The number of aliphatic hydroxyl groups excluding tert-OH is 1. The Bertz CT molecular complexity index is 647. The maximum Gasteiger partial charge on any atom is 0.0493 e. The van der Waals surface area contributed by atoms with Gasteiger partial charge in [0.2, 0.25) is 0 Å². The second-order valence-electron chi connectivity index (χ2n) is 12.0. The molecule has 4 aliphatic rings. The average Bonchev–Trinajstić information content (AvgIpc) is 3.08. The number of rotatable bonds is 6. The SMILES string of the molecule is C=C(CC[C@@H](C)[C@H]1CC[C@H]2[C@@H]3CC=C4CCCC[C@]4(C)[C@H]3CC[C@]12C)C(C)CO. The van der Waals surface area contributed by atoms with Crippen molar-refractivity contribution in [1.29, 1.82) is 0 Å². The maximum absolute atomic E-state index is 9.43. The monoisotopic (exact) mass is 398 g/mol. The van der Waals surface area contributed by atoms with Crippen molar-refractivity contribution in [3.63, 3.8) is 0 Å². The van der Waals surface area contributed by atoms with Gasteiger partial charge in [0.05, 0.1) is 0 Å². The lowest BCUT2D eigenvalue weighted by atomic mass is 9.47. The molecule has 0 aromatic heterocycles. The molecule has 164 valence electrons. The minimum Gasteiger partial charge on any atom is -0.396 e. The first kappa shape index (κ1) is 21.7. The van der Waals surface area contributed by atoms with Crippen LogP contribution in [-0.2, 0) is 0 Å². The first-order valence-electron chi connectivity index (χ1n) is 12.8. The summed E-state index contributed by atoms with van der Waals surface area (Å²) in [6, 6.07) is 0. The Morgan fingerprint density at radius 3 is 2.69 bits per heavy atom. The van der Waals surface area contributed by atoms with Gasteiger partial charge in [-0.2, -0.15) is 0 Å². The van der Waals surface area contributed by atoms with Gasteiger partial charge < -0.3 is 5.11 Å². The summed E-state index contributed by atoms with van der Waals surface area (Å²) in [6.45, 7) is 14.4. The zero-order chi connectivity index (χ0) is 20.8. The Morgan fingerprint density at radius 2 is 1.93 bits per heavy atom.